The maximum Gasteiger partial charge on any atom is 0.123 e. The number of allylic oxidation sites excluding steroid dienone is 1. The van der Waals surface area contributed by atoms with Gasteiger partial charge in [0.15, 0.2) is 0 Å². The monoisotopic (exact) mass is 334 g/mol. The number of aryl methyl sites for hydroxylation is 1. The van der Waals surface area contributed by atoms with E-state index in [1.54, 1.807) is 18.2 Å². The first kappa shape index (κ1) is 19.1. The van der Waals surface area contributed by atoms with Gasteiger partial charge in [-0.1, -0.05) is 69.6 Å². The first-order chi connectivity index (χ1) is 11.8. The molecule has 1 fully saturated rings. The first-order valence-electron chi connectivity index (χ1n) is 9.77. The number of rotatable bonds is 10. The molecule has 0 atom stereocenters. The van der Waals surface area contributed by atoms with Crippen molar-refractivity contribution in [2.45, 2.75) is 77.0 Å². The van der Waals surface area contributed by atoms with Crippen molar-refractivity contribution in [2.24, 2.45) is 11.8 Å². The molecule has 1 aromatic carbocycles. The Bertz CT molecular complexity index is 455. The molecule has 0 saturated heterocycles. The standard InChI is InChI=1S/C22H32F2/c23-18-6-4-2-1-3-5-7-19-8-10-20(11-9-19)12-13-21-14-16-22(24)17-15-21/h6,14-20H,1-5,7-13H2. The molecular weight excluding hydrogens is 302 g/mol. The van der Waals surface area contributed by atoms with E-state index in [1.807, 2.05) is 12.1 Å². The third kappa shape index (κ3) is 7.59. The minimum absolute atomic E-state index is 0.141. The Kier molecular flexibility index (Phi) is 9.09. The lowest BCUT2D eigenvalue weighted by atomic mass is 9.78. The lowest BCUT2D eigenvalue weighted by Crippen LogP contribution is -2.15. The van der Waals surface area contributed by atoms with Crippen molar-refractivity contribution in [1.82, 2.24) is 0 Å². The van der Waals surface area contributed by atoms with Crippen LogP contribution >= 0.6 is 0 Å². The van der Waals surface area contributed by atoms with Gasteiger partial charge in [-0.2, -0.15) is 0 Å². The van der Waals surface area contributed by atoms with Gasteiger partial charge < -0.3 is 0 Å². The number of hydrogen-bond acceptors (Lipinski definition) is 0. The van der Waals surface area contributed by atoms with Crippen LogP contribution in [-0.2, 0) is 6.42 Å². The number of benzene rings is 1. The largest absolute Gasteiger partial charge is 0.216 e. The van der Waals surface area contributed by atoms with Crippen molar-refractivity contribution in [3.63, 3.8) is 0 Å². The van der Waals surface area contributed by atoms with E-state index >= 15 is 0 Å². The molecule has 134 valence electrons. The summed E-state index contributed by atoms with van der Waals surface area (Å²) in [5, 5.41) is 0. The fourth-order valence-corrected chi connectivity index (χ4v) is 3.94. The Morgan fingerprint density at radius 1 is 0.833 bits per heavy atom. The summed E-state index contributed by atoms with van der Waals surface area (Å²) in [5.74, 6) is 1.65. The summed E-state index contributed by atoms with van der Waals surface area (Å²) in [6, 6.07) is 6.98. The van der Waals surface area contributed by atoms with Gasteiger partial charge in [0.2, 0.25) is 0 Å². The molecule has 0 heterocycles. The SMILES string of the molecule is FC=CCCCCCCC1CCC(CCc2ccc(F)cc2)CC1. The van der Waals surface area contributed by atoms with Gasteiger partial charge in [-0.3, -0.25) is 0 Å². The number of hydrogen-bond donors (Lipinski definition) is 0. The van der Waals surface area contributed by atoms with E-state index in [2.05, 4.69) is 0 Å². The van der Waals surface area contributed by atoms with Gasteiger partial charge >= 0.3 is 0 Å². The molecule has 1 aliphatic rings. The third-order valence-corrected chi connectivity index (χ3v) is 5.54. The molecule has 24 heavy (non-hydrogen) atoms. The highest BCUT2D eigenvalue weighted by Crippen LogP contribution is 2.34. The predicted molar refractivity (Wildman–Crippen MR) is 98.1 cm³/mol. The molecule has 0 nitrogen and oxygen atoms in total. The lowest BCUT2D eigenvalue weighted by Gasteiger charge is -2.28. The average Bonchev–Trinajstić information content (AvgIpc) is 2.61. The van der Waals surface area contributed by atoms with Crippen LogP contribution in [0, 0.1) is 17.7 Å². The summed E-state index contributed by atoms with van der Waals surface area (Å²) in [7, 11) is 0. The lowest BCUT2D eigenvalue weighted by molar-refractivity contribution is 0.249. The molecule has 0 bridgehead atoms. The Hall–Kier alpha value is -1.18. The summed E-state index contributed by atoms with van der Waals surface area (Å²) < 4.78 is 24.7. The van der Waals surface area contributed by atoms with Gasteiger partial charge in [0.25, 0.3) is 0 Å². The highest BCUT2D eigenvalue weighted by molar-refractivity contribution is 5.16. The molecule has 0 aromatic heterocycles. The molecule has 2 rings (SSSR count). The molecule has 0 amide bonds. The molecule has 0 N–H and O–H groups in total. The second-order valence-electron chi connectivity index (χ2n) is 7.41. The maximum atomic E-state index is 12.9. The zero-order chi connectivity index (χ0) is 17.0. The summed E-state index contributed by atoms with van der Waals surface area (Å²) >= 11 is 0. The van der Waals surface area contributed by atoms with Crippen molar-refractivity contribution in [3.8, 4) is 0 Å². The van der Waals surface area contributed by atoms with Gasteiger partial charge in [0, 0.05) is 0 Å². The summed E-state index contributed by atoms with van der Waals surface area (Å²) in [4.78, 5) is 0. The van der Waals surface area contributed by atoms with Crippen molar-refractivity contribution < 1.29 is 8.78 Å². The minimum atomic E-state index is -0.141. The molecule has 1 aliphatic carbocycles. The molecule has 0 aliphatic heterocycles. The fourth-order valence-electron chi connectivity index (χ4n) is 3.94. The highest BCUT2D eigenvalue weighted by atomic mass is 19.1. The molecule has 0 unspecified atom stereocenters. The van der Waals surface area contributed by atoms with Gasteiger partial charge in [-0.15, -0.1) is 0 Å². The molecular formula is C22H32F2. The first-order valence-corrected chi connectivity index (χ1v) is 9.77. The Labute approximate surface area is 146 Å². The van der Waals surface area contributed by atoms with Gasteiger partial charge in [-0.05, 0) is 55.2 Å². The van der Waals surface area contributed by atoms with Crippen LogP contribution in [0.2, 0.25) is 0 Å². The molecule has 1 aromatic rings. The Balaban J connectivity index is 1.51. The van der Waals surface area contributed by atoms with Crippen LogP contribution in [0.3, 0.4) is 0 Å². The number of unbranched alkanes of at least 4 members (excludes halogenated alkanes) is 4. The zero-order valence-electron chi connectivity index (χ0n) is 14.9. The van der Waals surface area contributed by atoms with Crippen LogP contribution in [0.4, 0.5) is 8.78 Å². The van der Waals surface area contributed by atoms with Gasteiger partial charge in [-0.25, -0.2) is 8.78 Å². The van der Waals surface area contributed by atoms with Crippen LogP contribution in [0.15, 0.2) is 36.7 Å². The summed E-state index contributed by atoms with van der Waals surface area (Å²) in [5.41, 5.74) is 1.26. The quantitative estimate of drug-likeness (QED) is 0.391. The summed E-state index contributed by atoms with van der Waals surface area (Å²) in [6.07, 6.45) is 17.4. The zero-order valence-corrected chi connectivity index (χ0v) is 14.9. The van der Waals surface area contributed by atoms with E-state index in [4.69, 9.17) is 0 Å². The molecule has 0 radical (unpaired) electrons. The van der Waals surface area contributed by atoms with E-state index in [0.717, 1.165) is 31.1 Å². The van der Waals surface area contributed by atoms with Crippen LogP contribution in [-0.4, -0.2) is 0 Å². The van der Waals surface area contributed by atoms with E-state index in [9.17, 15) is 8.78 Å². The predicted octanol–water partition coefficient (Wildman–Crippen LogP) is 7.39. The normalized spacial score (nSPS) is 21.4. The molecule has 0 spiro atoms. The minimum Gasteiger partial charge on any atom is -0.216 e. The van der Waals surface area contributed by atoms with E-state index in [0.29, 0.717) is 6.33 Å². The van der Waals surface area contributed by atoms with Crippen LogP contribution < -0.4 is 0 Å². The Morgan fingerprint density at radius 2 is 1.46 bits per heavy atom. The van der Waals surface area contributed by atoms with Crippen LogP contribution in [0.5, 0.6) is 0 Å². The highest BCUT2D eigenvalue weighted by Gasteiger charge is 2.20. The van der Waals surface area contributed by atoms with Crippen molar-refractivity contribution in [2.75, 3.05) is 0 Å². The van der Waals surface area contributed by atoms with E-state index < -0.39 is 0 Å². The number of halogens is 2. The van der Waals surface area contributed by atoms with Crippen LogP contribution in [0.1, 0.15) is 76.2 Å². The van der Waals surface area contributed by atoms with E-state index in [1.165, 1.54) is 63.4 Å². The Morgan fingerprint density at radius 3 is 2.12 bits per heavy atom. The van der Waals surface area contributed by atoms with Gasteiger partial charge in [0.05, 0.1) is 6.33 Å². The second kappa shape index (κ2) is 11.4. The smallest absolute Gasteiger partial charge is 0.123 e. The maximum absolute atomic E-state index is 12.9. The van der Waals surface area contributed by atoms with E-state index in [-0.39, 0.29) is 5.82 Å². The van der Waals surface area contributed by atoms with Crippen LogP contribution in [0.25, 0.3) is 0 Å². The third-order valence-electron chi connectivity index (χ3n) is 5.54. The fraction of sp³-hybridized carbons (Fsp3) is 0.636. The average molecular weight is 334 g/mol. The van der Waals surface area contributed by atoms with Crippen molar-refractivity contribution >= 4 is 0 Å². The molecule has 1 saturated carbocycles. The van der Waals surface area contributed by atoms with Crippen molar-refractivity contribution in [3.05, 3.63) is 48.1 Å². The van der Waals surface area contributed by atoms with Gasteiger partial charge in [0.1, 0.15) is 5.82 Å². The van der Waals surface area contributed by atoms with Crippen molar-refractivity contribution in [1.29, 1.82) is 0 Å². The second-order valence-corrected chi connectivity index (χ2v) is 7.41. The topological polar surface area (TPSA) is 0 Å². The summed E-state index contributed by atoms with van der Waals surface area (Å²) in [6.45, 7) is 0. The molecule has 2 heteroatoms.